The van der Waals surface area contributed by atoms with Crippen LogP contribution in [0.25, 0.3) is 17.0 Å². The van der Waals surface area contributed by atoms with Gasteiger partial charge in [0.25, 0.3) is 0 Å². The molecule has 1 aliphatic heterocycles. The summed E-state index contributed by atoms with van der Waals surface area (Å²) in [5, 5.41) is 4.57. The molecule has 0 saturated heterocycles. The van der Waals surface area contributed by atoms with E-state index >= 15 is 0 Å². The molecule has 0 fully saturated rings. The van der Waals surface area contributed by atoms with Crippen LogP contribution in [-0.4, -0.2) is 37.5 Å². The smallest absolute Gasteiger partial charge is 0.228 e. The fourth-order valence-electron chi connectivity index (χ4n) is 3.95. The van der Waals surface area contributed by atoms with Crippen molar-refractivity contribution < 1.29 is 14.3 Å². The van der Waals surface area contributed by atoms with Gasteiger partial charge in [0.1, 0.15) is 17.8 Å². The van der Waals surface area contributed by atoms with Crippen LogP contribution in [0.3, 0.4) is 0 Å². The van der Waals surface area contributed by atoms with Gasteiger partial charge >= 0.3 is 0 Å². The van der Waals surface area contributed by atoms with Gasteiger partial charge in [-0.15, -0.1) is 5.10 Å². The number of nitrogens with zero attached hydrogens (tertiary/aromatic N) is 5. The lowest BCUT2D eigenvalue weighted by Gasteiger charge is -2.28. The van der Waals surface area contributed by atoms with Gasteiger partial charge in [-0.3, -0.25) is 9.78 Å². The molecule has 0 bridgehead atoms. The largest absolute Gasteiger partial charge is 0.497 e. The number of allylic oxidation sites excluding steroid dienone is 2. The predicted octanol–water partition coefficient (Wildman–Crippen LogP) is 3.58. The third-order valence-corrected chi connectivity index (χ3v) is 5.36. The first kappa shape index (κ1) is 18.9. The minimum Gasteiger partial charge on any atom is -0.497 e. The van der Waals surface area contributed by atoms with Gasteiger partial charge in [0.05, 0.1) is 12.7 Å². The van der Waals surface area contributed by atoms with Crippen molar-refractivity contribution in [3.8, 4) is 23.0 Å². The van der Waals surface area contributed by atoms with E-state index in [-0.39, 0.29) is 5.78 Å². The molecule has 0 saturated carbocycles. The zero-order chi connectivity index (χ0) is 21.5. The van der Waals surface area contributed by atoms with Gasteiger partial charge in [-0.25, -0.2) is 14.5 Å². The lowest BCUT2D eigenvalue weighted by Crippen LogP contribution is -2.22. The highest BCUT2D eigenvalue weighted by Crippen LogP contribution is 2.44. The number of ether oxygens (including phenoxy) is 2. The highest BCUT2D eigenvalue weighted by atomic mass is 16.5. The van der Waals surface area contributed by atoms with Crippen LogP contribution in [0, 0.1) is 0 Å². The number of ketones is 1. The van der Waals surface area contributed by atoms with E-state index in [2.05, 4.69) is 15.1 Å². The molecule has 4 heterocycles. The standard InChI is InChI=1S/C23H19N5O3/c1-13(29)18-14(2)31-23-20(19(18)15-4-6-17(30-3)7-5-15)22-26-21(27-28(22)12-25-23)16-8-10-24-11-9-16/h4-12,19H,1-3H3. The molecule has 5 rings (SSSR count). The Kier molecular flexibility index (Phi) is 4.47. The number of hydrogen-bond acceptors (Lipinski definition) is 7. The quantitative estimate of drug-likeness (QED) is 0.505. The van der Waals surface area contributed by atoms with Crippen LogP contribution in [-0.2, 0) is 4.79 Å². The van der Waals surface area contributed by atoms with E-state index in [1.54, 1.807) is 44.2 Å². The molecule has 1 aromatic carbocycles. The van der Waals surface area contributed by atoms with Crippen LogP contribution in [0.2, 0.25) is 0 Å². The number of aromatic nitrogens is 5. The number of carbonyl (C=O) groups excluding carboxylic acids is 1. The van der Waals surface area contributed by atoms with Crippen molar-refractivity contribution in [1.82, 2.24) is 24.6 Å². The number of Topliss-reactive ketones (excluding diaryl/α,β-unsaturated/α-hetero) is 1. The Morgan fingerprint density at radius 1 is 1.13 bits per heavy atom. The first-order chi connectivity index (χ1) is 15.1. The average molecular weight is 413 g/mol. The monoisotopic (exact) mass is 413 g/mol. The van der Waals surface area contributed by atoms with Crippen LogP contribution in [0.1, 0.15) is 30.9 Å². The van der Waals surface area contributed by atoms with Gasteiger partial charge < -0.3 is 9.47 Å². The van der Waals surface area contributed by atoms with Crippen molar-refractivity contribution in [2.75, 3.05) is 7.11 Å². The number of rotatable bonds is 4. The van der Waals surface area contributed by atoms with Crippen molar-refractivity contribution in [3.05, 3.63) is 77.6 Å². The normalized spacial score (nSPS) is 15.5. The number of hydrogen-bond donors (Lipinski definition) is 0. The summed E-state index contributed by atoms with van der Waals surface area (Å²) < 4.78 is 12.9. The number of pyridine rings is 1. The highest BCUT2D eigenvalue weighted by Gasteiger charge is 2.36. The molecular weight excluding hydrogens is 394 g/mol. The fourth-order valence-corrected chi connectivity index (χ4v) is 3.95. The van der Waals surface area contributed by atoms with Crippen molar-refractivity contribution in [2.24, 2.45) is 0 Å². The predicted molar refractivity (Wildman–Crippen MR) is 113 cm³/mol. The summed E-state index contributed by atoms with van der Waals surface area (Å²) >= 11 is 0. The van der Waals surface area contributed by atoms with Crippen molar-refractivity contribution >= 4 is 11.4 Å². The summed E-state index contributed by atoms with van der Waals surface area (Å²) in [6, 6.07) is 11.3. The Labute approximate surface area is 178 Å². The maximum absolute atomic E-state index is 12.7. The van der Waals surface area contributed by atoms with E-state index in [1.165, 1.54) is 0 Å². The van der Waals surface area contributed by atoms with Gasteiger partial charge in [-0.05, 0) is 43.7 Å². The molecule has 8 nitrogen and oxygen atoms in total. The molecular formula is C23H19N5O3. The summed E-state index contributed by atoms with van der Waals surface area (Å²) in [4.78, 5) is 25.9. The summed E-state index contributed by atoms with van der Waals surface area (Å²) in [6.07, 6.45) is 4.96. The zero-order valence-electron chi connectivity index (χ0n) is 17.2. The molecule has 31 heavy (non-hydrogen) atoms. The molecule has 0 N–H and O–H groups in total. The van der Waals surface area contributed by atoms with Crippen LogP contribution >= 0.6 is 0 Å². The van der Waals surface area contributed by atoms with Crippen LogP contribution < -0.4 is 9.47 Å². The lowest BCUT2D eigenvalue weighted by molar-refractivity contribution is -0.114. The molecule has 1 atom stereocenters. The average Bonchev–Trinajstić information content (AvgIpc) is 3.23. The SMILES string of the molecule is COc1ccc(C2C(C(C)=O)=C(C)Oc3ncn4nc(-c5ccncc5)nc4c32)cc1. The number of benzene rings is 1. The van der Waals surface area contributed by atoms with Gasteiger partial charge in [-0.1, -0.05) is 12.1 Å². The zero-order valence-corrected chi connectivity index (χ0v) is 17.2. The molecule has 1 unspecified atom stereocenters. The van der Waals surface area contributed by atoms with Gasteiger partial charge in [0.15, 0.2) is 17.3 Å². The lowest BCUT2D eigenvalue weighted by atomic mass is 9.82. The van der Waals surface area contributed by atoms with E-state index in [9.17, 15) is 4.79 Å². The Balaban J connectivity index is 1.76. The molecule has 3 aromatic heterocycles. The van der Waals surface area contributed by atoms with Crippen LogP contribution in [0.5, 0.6) is 11.6 Å². The second-order valence-electron chi connectivity index (χ2n) is 7.24. The van der Waals surface area contributed by atoms with E-state index in [1.807, 2.05) is 36.4 Å². The maximum Gasteiger partial charge on any atom is 0.228 e. The molecule has 0 radical (unpaired) electrons. The molecule has 1 aliphatic rings. The summed E-state index contributed by atoms with van der Waals surface area (Å²) in [7, 11) is 1.62. The number of methoxy groups -OCH3 is 1. The van der Waals surface area contributed by atoms with E-state index in [0.717, 1.165) is 16.9 Å². The first-order valence-electron chi connectivity index (χ1n) is 9.76. The van der Waals surface area contributed by atoms with Gasteiger partial charge in [-0.2, -0.15) is 0 Å². The van der Waals surface area contributed by atoms with Crippen LogP contribution in [0.4, 0.5) is 0 Å². The third kappa shape index (κ3) is 3.13. The van der Waals surface area contributed by atoms with Crippen molar-refractivity contribution in [2.45, 2.75) is 19.8 Å². The van der Waals surface area contributed by atoms with Gasteiger partial charge in [0.2, 0.25) is 5.88 Å². The Morgan fingerprint density at radius 2 is 1.87 bits per heavy atom. The highest BCUT2D eigenvalue weighted by molar-refractivity contribution is 5.97. The Bertz CT molecular complexity index is 1330. The number of carbonyl (C=O) groups is 1. The minimum absolute atomic E-state index is 0.0696. The Morgan fingerprint density at radius 3 is 2.55 bits per heavy atom. The molecule has 154 valence electrons. The van der Waals surface area contributed by atoms with Crippen molar-refractivity contribution in [3.63, 3.8) is 0 Å². The Hall–Kier alpha value is -4.07. The van der Waals surface area contributed by atoms with Crippen molar-refractivity contribution in [1.29, 1.82) is 0 Å². The van der Waals surface area contributed by atoms with Crippen LogP contribution in [0.15, 0.2) is 66.5 Å². The number of fused-ring (bicyclic) bond motifs is 3. The molecule has 0 amide bonds. The minimum atomic E-state index is -0.391. The van der Waals surface area contributed by atoms with E-state index in [4.69, 9.17) is 14.5 Å². The van der Waals surface area contributed by atoms with E-state index in [0.29, 0.717) is 34.2 Å². The topological polar surface area (TPSA) is 91.5 Å². The second-order valence-corrected chi connectivity index (χ2v) is 7.24. The molecule has 0 aliphatic carbocycles. The fraction of sp³-hybridized carbons (Fsp3) is 0.174. The van der Waals surface area contributed by atoms with Gasteiger partial charge in [0, 0.05) is 29.4 Å². The second kappa shape index (κ2) is 7.32. The molecule has 8 heteroatoms. The summed E-state index contributed by atoms with van der Waals surface area (Å²) in [5.74, 6) is 1.77. The third-order valence-electron chi connectivity index (χ3n) is 5.36. The summed E-state index contributed by atoms with van der Waals surface area (Å²) in [5.41, 5.74) is 3.61. The van der Waals surface area contributed by atoms with E-state index < -0.39 is 5.92 Å². The maximum atomic E-state index is 12.7. The summed E-state index contributed by atoms with van der Waals surface area (Å²) in [6.45, 7) is 3.33. The molecule has 0 spiro atoms. The first-order valence-corrected chi connectivity index (χ1v) is 9.76. The molecule has 4 aromatic rings.